The maximum atomic E-state index is 12.9. The summed E-state index contributed by atoms with van der Waals surface area (Å²) in [6.07, 6.45) is 1.38. The highest BCUT2D eigenvalue weighted by atomic mass is 32.2. The summed E-state index contributed by atoms with van der Waals surface area (Å²) in [5.74, 6) is -0.427. The molecule has 1 aliphatic heterocycles. The third-order valence-electron chi connectivity index (χ3n) is 5.77. The molecule has 6 heteroatoms. The van der Waals surface area contributed by atoms with E-state index in [-0.39, 0.29) is 34.7 Å². The van der Waals surface area contributed by atoms with Gasteiger partial charge in [-0.1, -0.05) is 63.2 Å². The van der Waals surface area contributed by atoms with Crippen LogP contribution in [0, 0.1) is 5.92 Å². The average molecular weight is 429 g/mol. The van der Waals surface area contributed by atoms with Gasteiger partial charge in [0.2, 0.25) is 15.9 Å². The Hall–Kier alpha value is -2.18. The zero-order chi connectivity index (χ0) is 21.9. The second-order valence-electron chi connectivity index (χ2n) is 9.12. The van der Waals surface area contributed by atoms with E-state index in [1.807, 2.05) is 6.92 Å². The minimum absolute atomic E-state index is 0.0841. The fourth-order valence-electron chi connectivity index (χ4n) is 3.80. The van der Waals surface area contributed by atoms with E-state index in [9.17, 15) is 13.2 Å². The fourth-order valence-corrected chi connectivity index (χ4v) is 5.35. The van der Waals surface area contributed by atoms with Crippen LogP contribution >= 0.6 is 0 Å². The monoisotopic (exact) mass is 428 g/mol. The molecular weight excluding hydrogens is 396 g/mol. The molecule has 0 saturated carbocycles. The molecule has 1 aliphatic rings. The van der Waals surface area contributed by atoms with E-state index < -0.39 is 10.0 Å². The van der Waals surface area contributed by atoms with Crippen molar-refractivity contribution in [3.63, 3.8) is 0 Å². The summed E-state index contributed by atoms with van der Waals surface area (Å²) >= 11 is 0. The van der Waals surface area contributed by atoms with Gasteiger partial charge in [-0.2, -0.15) is 4.31 Å². The van der Waals surface area contributed by atoms with Gasteiger partial charge in [-0.3, -0.25) is 4.79 Å². The molecule has 2 aromatic carbocycles. The number of hydrogen-bond donors (Lipinski definition) is 1. The second-order valence-corrected chi connectivity index (χ2v) is 11.1. The third-order valence-corrected chi connectivity index (χ3v) is 7.65. The number of carbonyl (C=O) groups is 1. The number of sulfonamides is 1. The number of piperidine rings is 1. The van der Waals surface area contributed by atoms with Crippen molar-refractivity contribution >= 4 is 15.9 Å². The SMILES string of the molecule is C[C@@H](NC(=O)[C@@H]1CCCN(S(=O)(=O)c2ccccc2)C1)c1ccc(C(C)(C)C)cc1. The third kappa shape index (κ3) is 5.10. The molecule has 1 N–H and O–H groups in total. The standard InChI is InChI=1S/C24H32N2O3S/c1-18(19-12-14-21(15-13-19)24(2,3)4)25-23(27)20-9-8-16-26(17-20)30(28,29)22-10-6-5-7-11-22/h5-7,10-15,18,20H,8-9,16-17H2,1-4H3,(H,25,27)/t18-,20-/m1/s1. The molecule has 1 saturated heterocycles. The number of nitrogens with one attached hydrogen (secondary N) is 1. The van der Waals surface area contributed by atoms with Crippen LogP contribution in [0.4, 0.5) is 0 Å². The molecule has 2 aromatic rings. The van der Waals surface area contributed by atoms with E-state index in [2.05, 4.69) is 50.4 Å². The predicted octanol–water partition coefficient (Wildman–Crippen LogP) is 4.26. The van der Waals surface area contributed by atoms with Gasteiger partial charge in [-0.05, 0) is 48.4 Å². The van der Waals surface area contributed by atoms with Crippen molar-refractivity contribution in [3.8, 4) is 0 Å². The number of amides is 1. The quantitative estimate of drug-likeness (QED) is 0.774. The van der Waals surface area contributed by atoms with Gasteiger partial charge in [-0.25, -0.2) is 8.42 Å². The normalized spacial score (nSPS) is 19.3. The molecule has 0 radical (unpaired) electrons. The summed E-state index contributed by atoms with van der Waals surface area (Å²) in [5.41, 5.74) is 2.38. The molecule has 1 amide bonds. The number of carbonyl (C=O) groups excluding carboxylic acids is 1. The van der Waals surface area contributed by atoms with Crippen LogP contribution < -0.4 is 5.32 Å². The van der Waals surface area contributed by atoms with Crippen LogP contribution in [-0.4, -0.2) is 31.7 Å². The van der Waals surface area contributed by atoms with E-state index in [4.69, 9.17) is 0 Å². The van der Waals surface area contributed by atoms with E-state index in [1.54, 1.807) is 30.3 Å². The second kappa shape index (κ2) is 8.90. The fraction of sp³-hybridized carbons (Fsp3) is 0.458. The number of benzene rings is 2. The number of hydrogen-bond acceptors (Lipinski definition) is 3. The zero-order valence-electron chi connectivity index (χ0n) is 18.3. The molecule has 30 heavy (non-hydrogen) atoms. The van der Waals surface area contributed by atoms with Gasteiger partial charge in [0.25, 0.3) is 0 Å². The lowest BCUT2D eigenvalue weighted by atomic mass is 9.86. The van der Waals surface area contributed by atoms with Crippen LogP contribution in [0.3, 0.4) is 0 Å². The molecule has 5 nitrogen and oxygen atoms in total. The lowest BCUT2D eigenvalue weighted by Gasteiger charge is -2.32. The summed E-state index contributed by atoms with van der Waals surface area (Å²) in [6.45, 7) is 9.15. The highest BCUT2D eigenvalue weighted by molar-refractivity contribution is 7.89. The van der Waals surface area contributed by atoms with Crippen LogP contribution in [0.5, 0.6) is 0 Å². The molecule has 2 atom stereocenters. The van der Waals surface area contributed by atoms with Crippen molar-refractivity contribution in [3.05, 3.63) is 65.7 Å². The lowest BCUT2D eigenvalue weighted by Crippen LogP contribution is -2.45. The summed E-state index contributed by atoms with van der Waals surface area (Å²) in [4.78, 5) is 13.2. The molecule has 0 aromatic heterocycles. The maximum absolute atomic E-state index is 12.9. The molecule has 3 rings (SSSR count). The largest absolute Gasteiger partial charge is 0.349 e. The van der Waals surface area contributed by atoms with Crippen LogP contribution in [0.1, 0.15) is 57.7 Å². The topological polar surface area (TPSA) is 66.5 Å². The Balaban J connectivity index is 1.65. The van der Waals surface area contributed by atoms with Gasteiger partial charge >= 0.3 is 0 Å². The molecule has 1 fully saturated rings. The molecule has 0 spiro atoms. The van der Waals surface area contributed by atoms with E-state index in [1.165, 1.54) is 9.87 Å². The Morgan fingerprint density at radius 2 is 1.70 bits per heavy atom. The van der Waals surface area contributed by atoms with Crippen molar-refractivity contribution in [2.45, 2.75) is 56.9 Å². The highest BCUT2D eigenvalue weighted by Crippen LogP contribution is 2.26. The summed E-state index contributed by atoms with van der Waals surface area (Å²) < 4.78 is 27.3. The average Bonchev–Trinajstić information content (AvgIpc) is 2.74. The first-order valence-electron chi connectivity index (χ1n) is 10.5. The predicted molar refractivity (Wildman–Crippen MR) is 120 cm³/mol. The van der Waals surface area contributed by atoms with Crippen LogP contribution in [0.15, 0.2) is 59.5 Å². The Bertz CT molecular complexity index is 964. The number of nitrogens with zero attached hydrogens (tertiary/aromatic N) is 1. The van der Waals surface area contributed by atoms with E-state index in [0.29, 0.717) is 19.4 Å². The Morgan fingerprint density at radius 1 is 1.07 bits per heavy atom. The smallest absolute Gasteiger partial charge is 0.243 e. The Labute approximate surface area is 180 Å². The van der Waals surface area contributed by atoms with Crippen molar-refractivity contribution in [2.75, 3.05) is 13.1 Å². The molecule has 0 aliphatic carbocycles. The Morgan fingerprint density at radius 3 is 2.30 bits per heavy atom. The first kappa shape index (κ1) is 22.5. The van der Waals surface area contributed by atoms with E-state index in [0.717, 1.165) is 5.56 Å². The van der Waals surface area contributed by atoms with Gasteiger partial charge < -0.3 is 5.32 Å². The van der Waals surface area contributed by atoms with Gasteiger partial charge in [0.1, 0.15) is 0 Å². The zero-order valence-corrected chi connectivity index (χ0v) is 19.1. The van der Waals surface area contributed by atoms with Crippen molar-refractivity contribution in [1.29, 1.82) is 0 Å². The van der Waals surface area contributed by atoms with E-state index >= 15 is 0 Å². The molecule has 0 unspecified atom stereocenters. The lowest BCUT2D eigenvalue weighted by molar-refractivity contribution is -0.126. The maximum Gasteiger partial charge on any atom is 0.243 e. The van der Waals surface area contributed by atoms with Crippen LogP contribution in [0.2, 0.25) is 0 Å². The van der Waals surface area contributed by atoms with Crippen molar-refractivity contribution < 1.29 is 13.2 Å². The van der Waals surface area contributed by atoms with Crippen LogP contribution in [0.25, 0.3) is 0 Å². The molecule has 0 bridgehead atoms. The first-order valence-corrected chi connectivity index (χ1v) is 12.0. The van der Waals surface area contributed by atoms with Gasteiger partial charge in [0.15, 0.2) is 0 Å². The molecule has 1 heterocycles. The molecular formula is C24H32N2O3S. The summed E-state index contributed by atoms with van der Waals surface area (Å²) in [6, 6.07) is 16.6. The van der Waals surface area contributed by atoms with Crippen LogP contribution in [-0.2, 0) is 20.2 Å². The Kier molecular flexibility index (Phi) is 6.68. The minimum atomic E-state index is -3.57. The van der Waals surface area contributed by atoms with Gasteiger partial charge in [0.05, 0.1) is 16.9 Å². The first-order chi connectivity index (χ1) is 14.1. The molecule has 162 valence electrons. The minimum Gasteiger partial charge on any atom is -0.349 e. The summed E-state index contributed by atoms with van der Waals surface area (Å²) in [5, 5.41) is 3.08. The van der Waals surface area contributed by atoms with Crippen molar-refractivity contribution in [2.24, 2.45) is 5.92 Å². The van der Waals surface area contributed by atoms with Gasteiger partial charge in [0, 0.05) is 13.1 Å². The highest BCUT2D eigenvalue weighted by Gasteiger charge is 2.33. The van der Waals surface area contributed by atoms with Gasteiger partial charge in [-0.15, -0.1) is 0 Å². The number of rotatable bonds is 5. The van der Waals surface area contributed by atoms with Crippen molar-refractivity contribution in [1.82, 2.24) is 9.62 Å². The summed E-state index contributed by atoms with van der Waals surface area (Å²) in [7, 11) is -3.57.